The molecule has 1 aromatic heterocycles. The third-order valence-electron chi connectivity index (χ3n) is 7.33. The van der Waals surface area contributed by atoms with Crippen LogP contribution in [0.4, 0.5) is 10.5 Å². The van der Waals surface area contributed by atoms with Gasteiger partial charge in [0.1, 0.15) is 12.6 Å². The Kier molecular flexibility index (Phi) is 6.73. The van der Waals surface area contributed by atoms with E-state index < -0.39 is 12.1 Å². The van der Waals surface area contributed by atoms with E-state index in [9.17, 15) is 9.59 Å². The van der Waals surface area contributed by atoms with Crippen LogP contribution < -0.4 is 10.6 Å². The second kappa shape index (κ2) is 10.8. The number of nitriles is 1. The van der Waals surface area contributed by atoms with Gasteiger partial charge in [-0.15, -0.1) is 0 Å². The zero-order valence-corrected chi connectivity index (χ0v) is 21.6. The fourth-order valence-corrected chi connectivity index (χ4v) is 5.37. The number of hydrogen-bond donors (Lipinski definition) is 3. The number of H-pyrrole nitrogens is 1. The first kappa shape index (κ1) is 25.0. The topological polar surface area (TPSA) is 107 Å². The van der Waals surface area contributed by atoms with E-state index in [1.165, 1.54) is 0 Å². The van der Waals surface area contributed by atoms with Gasteiger partial charge in [0.25, 0.3) is 0 Å². The number of anilines is 1. The Labute approximate surface area is 231 Å². The molecule has 0 bridgehead atoms. The van der Waals surface area contributed by atoms with Crippen LogP contribution in [0.25, 0.3) is 22.0 Å². The highest BCUT2D eigenvalue weighted by Crippen LogP contribution is 2.44. The van der Waals surface area contributed by atoms with Crippen molar-refractivity contribution in [1.29, 1.82) is 5.26 Å². The molecule has 0 aliphatic heterocycles. The number of ether oxygens (including phenoxy) is 1. The van der Waals surface area contributed by atoms with Gasteiger partial charge in [0.05, 0.1) is 11.6 Å². The highest BCUT2D eigenvalue weighted by Gasteiger charge is 2.30. The third kappa shape index (κ3) is 4.91. The molecule has 0 spiro atoms. The van der Waals surface area contributed by atoms with Crippen molar-refractivity contribution in [2.24, 2.45) is 0 Å². The predicted octanol–water partition coefficient (Wildman–Crippen LogP) is 6.13. The molecule has 0 unspecified atom stereocenters. The van der Waals surface area contributed by atoms with Gasteiger partial charge >= 0.3 is 6.09 Å². The molecule has 5 aromatic rings. The van der Waals surface area contributed by atoms with Crippen LogP contribution in [0.1, 0.15) is 28.2 Å². The second-order valence-electron chi connectivity index (χ2n) is 9.76. The smallest absolute Gasteiger partial charge is 0.407 e. The molecule has 1 atom stereocenters. The van der Waals surface area contributed by atoms with Gasteiger partial charge in [-0.1, -0.05) is 66.7 Å². The van der Waals surface area contributed by atoms with Crippen molar-refractivity contribution < 1.29 is 14.3 Å². The predicted molar refractivity (Wildman–Crippen MR) is 154 cm³/mol. The molecule has 1 aliphatic carbocycles. The first-order valence-electron chi connectivity index (χ1n) is 13.1. The van der Waals surface area contributed by atoms with E-state index in [0.29, 0.717) is 11.3 Å². The highest BCUT2D eigenvalue weighted by atomic mass is 16.5. The number of benzene rings is 4. The molecule has 6 rings (SSSR count). The Balaban J connectivity index is 1.20. The molecule has 4 aromatic carbocycles. The van der Waals surface area contributed by atoms with Crippen LogP contribution in [-0.4, -0.2) is 29.6 Å². The number of nitrogens with zero attached hydrogens (tertiary/aromatic N) is 1. The molecule has 2 amide bonds. The van der Waals surface area contributed by atoms with Crippen LogP contribution in [0.5, 0.6) is 0 Å². The number of para-hydroxylation sites is 1. The van der Waals surface area contributed by atoms with Gasteiger partial charge in [-0.25, -0.2) is 4.79 Å². The summed E-state index contributed by atoms with van der Waals surface area (Å²) in [7, 11) is 0. The summed E-state index contributed by atoms with van der Waals surface area (Å²) >= 11 is 0. The molecule has 40 heavy (non-hydrogen) atoms. The summed E-state index contributed by atoms with van der Waals surface area (Å²) in [5, 5.41) is 15.7. The quantitative estimate of drug-likeness (QED) is 0.237. The highest BCUT2D eigenvalue weighted by molar-refractivity contribution is 5.97. The van der Waals surface area contributed by atoms with E-state index in [2.05, 4.69) is 46.0 Å². The summed E-state index contributed by atoms with van der Waals surface area (Å²) in [6.45, 7) is 0.150. The molecule has 7 nitrogen and oxygen atoms in total. The summed E-state index contributed by atoms with van der Waals surface area (Å²) in [6.07, 6.45) is 1.45. The maximum absolute atomic E-state index is 13.4. The lowest BCUT2D eigenvalue weighted by Gasteiger charge is -2.20. The zero-order chi connectivity index (χ0) is 27.5. The van der Waals surface area contributed by atoms with Crippen LogP contribution in [-0.2, 0) is 16.0 Å². The minimum atomic E-state index is -0.898. The van der Waals surface area contributed by atoms with E-state index in [1.807, 2.05) is 54.7 Å². The molecule has 1 heterocycles. The number of carbonyl (C=O) groups is 2. The SMILES string of the molecule is N#Cc1ccc(NC(=O)[C@H](Cc2c[nH]c3ccccc23)NC(=O)OCC2c3ccccc3-c3ccccc32)cc1. The molecular formula is C33H26N4O3. The van der Waals surface area contributed by atoms with E-state index in [0.717, 1.165) is 38.7 Å². The number of fused-ring (bicyclic) bond motifs is 4. The summed E-state index contributed by atoms with van der Waals surface area (Å²) in [4.78, 5) is 29.7. The maximum atomic E-state index is 13.4. The van der Waals surface area contributed by atoms with Gasteiger partial charge in [0.2, 0.25) is 5.91 Å². The van der Waals surface area contributed by atoms with Crippen molar-refractivity contribution in [3.05, 3.63) is 126 Å². The Morgan fingerprint density at radius 2 is 1.52 bits per heavy atom. The van der Waals surface area contributed by atoms with Crippen molar-refractivity contribution in [3.63, 3.8) is 0 Å². The fraction of sp³-hybridized carbons (Fsp3) is 0.121. The number of alkyl carbamates (subject to hydrolysis) is 1. The van der Waals surface area contributed by atoms with Crippen molar-refractivity contribution in [3.8, 4) is 17.2 Å². The first-order chi connectivity index (χ1) is 19.6. The molecule has 7 heteroatoms. The lowest BCUT2D eigenvalue weighted by molar-refractivity contribution is -0.118. The molecule has 0 saturated carbocycles. The first-order valence-corrected chi connectivity index (χ1v) is 13.1. The molecule has 3 N–H and O–H groups in total. The minimum absolute atomic E-state index is 0.0855. The van der Waals surface area contributed by atoms with E-state index in [-0.39, 0.29) is 24.9 Å². The largest absolute Gasteiger partial charge is 0.449 e. The second-order valence-corrected chi connectivity index (χ2v) is 9.76. The number of rotatable bonds is 7. The average Bonchev–Trinajstić information content (AvgIpc) is 3.55. The number of aromatic nitrogens is 1. The number of carbonyl (C=O) groups excluding carboxylic acids is 2. The third-order valence-corrected chi connectivity index (χ3v) is 7.33. The molecule has 196 valence electrons. The fourth-order valence-electron chi connectivity index (χ4n) is 5.37. The van der Waals surface area contributed by atoms with E-state index in [4.69, 9.17) is 10.00 Å². The standard InChI is InChI=1S/C33H26N4O3/c34-18-21-13-15-23(16-14-21)36-32(38)31(17-22-19-35-30-12-6-5-7-24(22)30)37-33(39)40-20-29-27-10-3-1-8-25(27)26-9-2-4-11-28(26)29/h1-16,19,29,31,35H,17,20H2,(H,36,38)(H,37,39)/t31-/m0/s1. The lowest BCUT2D eigenvalue weighted by atomic mass is 9.98. The monoisotopic (exact) mass is 526 g/mol. The van der Waals surface area contributed by atoms with Crippen LogP contribution in [0.2, 0.25) is 0 Å². The number of amides is 2. The molecular weight excluding hydrogens is 500 g/mol. The van der Waals surface area contributed by atoms with Crippen LogP contribution >= 0.6 is 0 Å². The lowest BCUT2D eigenvalue weighted by Crippen LogP contribution is -2.45. The van der Waals surface area contributed by atoms with Crippen molar-refractivity contribution in [1.82, 2.24) is 10.3 Å². The van der Waals surface area contributed by atoms with Gasteiger partial charge in [-0.3, -0.25) is 4.79 Å². The van der Waals surface area contributed by atoms with E-state index in [1.54, 1.807) is 24.3 Å². The molecule has 0 fully saturated rings. The van der Waals surface area contributed by atoms with Crippen LogP contribution in [0.3, 0.4) is 0 Å². The van der Waals surface area contributed by atoms with Crippen molar-refractivity contribution in [2.75, 3.05) is 11.9 Å². The molecule has 0 saturated heterocycles. The summed E-state index contributed by atoms with van der Waals surface area (Å²) in [5.41, 5.74) is 7.39. The van der Waals surface area contributed by atoms with Crippen molar-refractivity contribution >= 4 is 28.6 Å². The van der Waals surface area contributed by atoms with Gasteiger partial charge in [0, 0.05) is 35.1 Å². The summed E-state index contributed by atoms with van der Waals surface area (Å²) < 4.78 is 5.73. The zero-order valence-electron chi connectivity index (χ0n) is 21.6. The number of hydrogen-bond acceptors (Lipinski definition) is 4. The Morgan fingerprint density at radius 1 is 0.875 bits per heavy atom. The van der Waals surface area contributed by atoms with Crippen LogP contribution in [0.15, 0.2) is 103 Å². The molecule has 0 radical (unpaired) electrons. The number of nitrogens with one attached hydrogen (secondary N) is 3. The van der Waals surface area contributed by atoms with E-state index >= 15 is 0 Å². The minimum Gasteiger partial charge on any atom is -0.449 e. The van der Waals surface area contributed by atoms with Gasteiger partial charge in [0.15, 0.2) is 0 Å². The summed E-state index contributed by atoms with van der Waals surface area (Å²) in [6, 6.07) is 31.8. The maximum Gasteiger partial charge on any atom is 0.407 e. The Bertz CT molecular complexity index is 1700. The summed E-state index contributed by atoms with van der Waals surface area (Å²) in [5.74, 6) is -0.471. The number of aromatic amines is 1. The normalized spacial score (nSPS) is 12.7. The average molecular weight is 527 g/mol. The molecule has 1 aliphatic rings. The Hall–Kier alpha value is -5.35. The van der Waals surface area contributed by atoms with Crippen LogP contribution in [0, 0.1) is 11.3 Å². The van der Waals surface area contributed by atoms with Gasteiger partial charge in [-0.05, 0) is 58.1 Å². The van der Waals surface area contributed by atoms with Gasteiger partial charge in [-0.2, -0.15) is 5.26 Å². The van der Waals surface area contributed by atoms with Gasteiger partial charge < -0.3 is 20.4 Å². The Morgan fingerprint density at radius 3 is 2.23 bits per heavy atom. The van der Waals surface area contributed by atoms with Crippen molar-refractivity contribution in [2.45, 2.75) is 18.4 Å².